The molecule has 0 radical (unpaired) electrons. The molecule has 3 fully saturated rings. The second-order valence-electron chi connectivity index (χ2n) is 5.54. The van der Waals surface area contributed by atoms with Crippen molar-refractivity contribution in [3.05, 3.63) is 12.2 Å². The number of ether oxygens (including phenoxy) is 1. The van der Waals surface area contributed by atoms with Crippen LogP contribution in [0.25, 0.3) is 0 Å². The largest absolute Gasteiger partial charge is 0.365 e. The zero-order chi connectivity index (χ0) is 10.5. The first-order chi connectivity index (χ1) is 7.15. The summed E-state index contributed by atoms with van der Waals surface area (Å²) in [6.07, 6.45) is 8.52. The van der Waals surface area contributed by atoms with Crippen LogP contribution in [0.15, 0.2) is 12.2 Å². The van der Waals surface area contributed by atoms with Crippen LogP contribution in [-0.2, 0) is 4.74 Å². The highest BCUT2D eigenvalue weighted by Gasteiger charge is 2.57. The van der Waals surface area contributed by atoms with Gasteiger partial charge in [-0.3, -0.25) is 0 Å². The molecule has 84 valence electrons. The highest BCUT2D eigenvalue weighted by atomic mass is 16.6. The predicted molar refractivity (Wildman–Crippen MR) is 58.3 cm³/mol. The van der Waals surface area contributed by atoms with Crippen molar-refractivity contribution >= 4 is 0 Å². The van der Waals surface area contributed by atoms with Gasteiger partial charge in [-0.2, -0.15) is 0 Å². The topological polar surface area (TPSA) is 29.5 Å². The normalized spacial score (nSPS) is 49.9. The van der Waals surface area contributed by atoms with E-state index < -0.39 is 5.79 Å². The van der Waals surface area contributed by atoms with Crippen LogP contribution in [0.5, 0.6) is 0 Å². The second kappa shape index (κ2) is 3.08. The molecule has 0 aromatic carbocycles. The predicted octanol–water partition coefficient (Wildman–Crippen LogP) is 2.76. The monoisotopic (exact) mass is 208 g/mol. The number of hydrogen-bond acceptors (Lipinski definition) is 2. The molecular weight excluding hydrogens is 188 g/mol. The fourth-order valence-corrected chi connectivity index (χ4v) is 3.86. The van der Waals surface area contributed by atoms with Gasteiger partial charge in [0.05, 0.1) is 5.60 Å². The van der Waals surface area contributed by atoms with Gasteiger partial charge in [0.25, 0.3) is 0 Å². The quantitative estimate of drug-likeness (QED) is 0.620. The maximum absolute atomic E-state index is 10.4. The van der Waals surface area contributed by atoms with Crippen molar-refractivity contribution < 1.29 is 9.84 Å². The van der Waals surface area contributed by atoms with Gasteiger partial charge in [0.15, 0.2) is 5.79 Å². The minimum absolute atomic E-state index is 0.149. The third-order valence-electron chi connectivity index (χ3n) is 4.59. The molecule has 1 saturated carbocycles. The summed E-state index contributed by atoms with van der Waals surface area (Å²) in [5.74, 6) is -0.293. The van der Waals surface area contributed by atoms with E-state index in [9.17, 15) is 5.11 Å². The van der Waals surface area contributed by atoms with Crippen molar-refractivity contribution in [1.82, 2.24) is 0 Å². The third-order valence-corrected chi connectivity index (χ3v) is 4.59. The summed E-state index contributed by atoms with van der Waals surface area (Å²) in [7, 11) is 0. The Bertz CT molecular complexity index is 299. The number of fused-ring (bicyclic) bond motifs is 1. The van der Waals surface area contributed by atoms with Crippen LogP contribution >= 0.6 is 0 Å². The zero-order valence-electron chi connectivity index (χ0n) is 9.30. The van der Waals surface area contributed by atoms with E-state index in [0.29, 0.717) is 5.92 Å². The van der Waals surface area contributed by atoms with Crippen molar-refractivity contribution in [2.75, 3.05) is 0 Å². The van der Waals surface area contributed by atoms with Crippen molar-refractivity contribution in [1.29, 1.82) is 0 Å². The highest BCUT2D eigenvalue weighted by molar-refractivity contribution is 5.22. The van der Waals surface area contributed by atoms with Crippen molar-refractivity contribution in [2.24, 2.45) is 5.92 Å². The average molecular weight is 208 g/mol. The van der Waals surface area contributed by atoms with Gasteiger partial charge in [0.2, 0.25) is 0 Å². The van der Waals surface area contributed by atoms with Gasteiger partial charge in [-0.25, -0.2) is 0 Å². The fourth-order valence-electron chi connectivity index (χ4n) is 3.86. The summed E-state index contributed by atoms with van der Waals surface area (Å²) in [6.45, 7) is 4.22. The smallest absolute Gasteiger partial charge is 0.167 e. The first-order valence-corrected chi connectivity index (χ1v) is 6.25. The van der Waals surface area contributed by atoms with E-state index in [4.69, 9.17) is 4.74 Å². The van der Waals surface area contributed by atoms with Crippen LogP contribution in [0.2, 0.25) is 0 Å². The third kappa shape index (κ3) is 1.31. The minimum Gasteiger partial charge on any atom is -0.365 e. The average Bonchev–Trinajstić information content (AvgIpc) is 2.44. The Morgan fingerprint density at radius 3 is 3.00 bits per heavy atom. The molecule has 2 nitrogen and oxygen atoms in total. The first-order valence-electron chi connectivity index (χ1n) is 6.25. The molecule has 2 heteroatoms. The van der Waals surface area contributed by atoms with E-state index in [1.807, 2.05) is 0 Å². The fraction of sp³-hybridized carbons (Fsp3) is 0.846. The molecule has 1 aliphatic carbocycles. The molecule has 15 heavy (non-hydrogen) atoms. The van der Waals surface area contributed by atoms with Gasteiger partial charge in [-0.1, -0.05) is 19.4 Å². The van der Waals surface area contributed by atoms with Crippen LogP contribution in [0.4, 0.5) is 0 Å². The Hall–Kier alpha value is -0.340. The van der Waals surface area contributed by atoms with Crippen LogP contribution in [0.1, 0.15) is 51.4 Å². The van der Waals surface area contributed by atoms with E-state index >= 15 is 0 Å². The maximum Gasteiger partial charge on any atom is 0.167 e. The maximum atomic E-state index is 10.4. The van der Waals surface area contributed by atoms with Gasteiger partial charge in [0, 0.05) is 12.8 Å². The van der Waals surface area contributed by atoms with Crippen LogP contribution < -0.4 is 0 Å². The van der Waals surface area contributed by atoms with Crippen LogP contribution in [0, 0.1) is 5.92 Å². The molecule has 1 N–H and O–H groups in total. The Morgan fingerprint density at radius 2 is 2.13 bits per heavy atom. The van der Waals surface area contributed by atoms with Crippen molar-refractivity contribution in [3.63, 3.8) is 0 Å². The van der Waals surface area contributed by atoms with E-state index in [-0.39, 0.29) is 5.60 Å². The Kier molecular flexibility index (Phi) is 2.02. The molecule has 1 spiro atoms. The molecule has 2 aliphatic heterocycles. The molecule has 0 unspecified atom stereocenters. The molecule has 2 bridgehead atoms. The molecule has 3 atom stereocenters. The molecule has 0 aromatic rings. The lowest BCUT2D eigenvalue weighted by molar-refractivity contribution is -0.216. The van der Waals surface area contributed by atoms with Crippen molar-refractivity contribution in [2.45, 2.75) is 62.8 Å². The number of aliphatic hydroxyl groups is 1. The molecule has 2 saturated heterocycles. The summed E-state index contributed by atoms with van der Waals surface area (Å²) in [6, 6.07) is 0. The summed E-state index contributed by atoms with van der Waals surface area (Å²) in [5, 5.41) is 10.4. The van der Waals surface area contributed by atoms with Crippen LogP contribution in [-0.4, -0.2) is 16.5 Å². The summed E-state index contributed by atoms with van der Waals surface area (Å²) >= 11 is 0. The van der Waals surface area contributed by atoms with Gasteiger partial charge >= 0.3 is 0 Å². The number of rotatable bonds is 0. The lowest BCUT2D eigenvalue weighted by atomic mass is 9.69. The van der Waals surface area contributed by atoms with Gasteiger partial charge < -0.3 is 9.84 Å². The Morgan fingerprint density at radius 1 is 1.27 bits per heavy atom. The first kappa shape index (κ1) is 9.86. The SMILES string of the molecule is C=C1CCC[C@@]2(O)C[C@@H]3CCCC[C@@]13O2. The standard InChI is InChI=1S/C13H20O2/c1-10-5-4-7-12(14)9-11-6-2-3-8-13(10,11)15-12/h11,14H,1-9H2/t11-,12-,13+/m0/s1. The van der Waals surface area contributed by atoms with E-state index in [1.165, 1.54) is 24.8 Å². The van der Waals surface area contributed by atoms with E-state index in [1.54, 1.807) is 0 Å². The van der Waals surface area contributed by atoms with Gasteiger partial charge in [-0.05, 0) is 37.2 Å². The van der Waals surface area contributed by atoms with Crippen molar-refractivity contribution in [3.8, 4) is 0 Å². The van der Waals surface area contributed by atoms with E-state index in [2.05, 4.69) is 6.58 Å². The minimum atomic E-state index is -0.825. The van der Waals surface area contributed by atoms with Gasteiger partial charge in [-0.15, -0.1) is 0 Å². The van der Waals surface area contributed by atoms with E-state index in [0.717, 1.165) is 32.1 Å². The Balaban J connectivity index is 2.00. The summed E-state index contributed by atoms with van der Waals surface area (Å²) < 4.78 is 6.07. The Labute approximate surface area is 91.3 Å². The lowest BCUT2D eigenvalue weighted by Gasteiger charge is -2.39. The molecule has 2 heterocycles. The molecule has 3 aliphatic rings. The lowest BCUT2D eigenvalue weighted by Crippen LogP contribution is -2.40. The number of hydrogen-bond donors (Lipinski definition) is 1. The van der Waals surface area contributed by atoms with Crippen LogP contribution in [0.3, 0.4) is 0 Å². The molecule has 0 amide bonds. The van der Waals surface area contributed by atoms with Gasteiger partial charge in [0.1, 0.15) is 0 Å². The highest BCUT2D eigenvalue weighted by Crippen LogP contribution is 2.56. The molecular formula is C13H20O2. The zero-order valence-corrected chi connectivity index (χ0v) is 9.30. The molecule has 3 rings (SSSR count). The second-order valence-corrected chi connectivity index (χ2v) is 5.54. The summed E-state index contributed by atoms with van der Waals surface area (Å²) in [5.41, 5.74) is 1.10. The molecule has 0 aromatic heterocycles. The summed E-state index contributed by atoms with van der Waals surface area (Å²) in [4.78, 5) is 0.